The maximum Gasteiger partial charge on any atom is 0.265 e. The highest BCUT2D eigenvalue weighted by molar-refractivity contribution is 5.94. The van der Waals surface area contributed by atoms with Gasteiger partial charge in [0.15, 0.2) is 6.10 Å². The van der Waals surface area contributed by atoms with Crippen molar-refractivity contribution in [1.82, 2.24) is 10.2 Å². The van der Waals surface area contributed by atoms with Gasteiger partial charge in [0.1, 0.15) is 5.75 Å². The third-order valence-corrected chi connectivity index (χ3v) is 4.52. The molecule has 150 valence electrons. The molecule has 0 aliphatic rings. The van der Waals surface area contributed by atoms with Gasteiger partial charge in [-0.1, -0.05) is 30.3 Å². The molecule has 6 nitrogen and oxygen atoms in total. The summed E-state index contributed by atoms with van der Waals surface area (Å²) in [5.41, 5.74) is 3.37. The van der Waals surface area contributed by atoms with Crippen molar-refractivity contribution in [3.8, 4) is 28.7 Å². The number of aromatic nitrogens is 2. The molecule has 0 radical (unpaired) electrons. The van der Waals surface area contributed by atoms with Crippen LogP contribution in [0.2, 0.25) is 0 Å². The van der Waals surface area contributed by atoms with Crippen LogP contribution in [0.3, 0.4) is 0 Å². The Bertz CT molecular complexity index is 1140. The molecule has 0 aliphatic carbocycles. The van der Waals surface area contributed by atoms with Crippen LogP contribution in [0.25, 0.3) is 22.9 Å². The Morgan fingerprint density at radius 3 is 2.23 bits per heavy atom. The predicted molar refractivity (Wildman–Crippen MR) is 115 cm³/mol. The smallest absolute Gasteiger partial charge is 0.265 e. The van der Waals surface area contributed by atoms with Crippen LogP contribution in [-0.4, -0.2) is 22.2 Å². The van der Waals surface area contributed by atoms with Gasteiger partial charge in [0.05, 0.1) is 0 Å². The first-order valence-corrected chi connectivity index (χ1v) is 9.62. The van der Waals surface area contributed by atoms with Gasteiger partial charge in [-0.15, -0.1) is 10.2 Å². The Morgan fingerprint density at radius 2 is 1.57 bits per heavy atom. The molecule has 0 fully saturated rings. The van der Waals surface area contributed by atoms with E-state index in [9.17, 15) is 4.79 Å². The Balaban J connectivity index is 1.40. The highest BCUT2D eigenvalue weighted by atomic mass is 16.5. The Hall–Kier alpha value is -3.93. The SMILES string of the molecule is Cc1cccc(O[C@@H](C)C(=O)Nc2ccc(-c3nnc(-c4ccccc4)o3)cc2)c1. The van der Waals surface area contributed by atoms with Gasteiger partial charge in [0.2, 0.25) is 11.8 Å². The molecule has 6 heteroatoms. The maximum absolute atomic E-state index is 12.4. The highest BCUT2D eigenvalue weighted by Gasteiger charge is 2.15. The fraction of sp³-hybridized carbons (Fsp3) is 0.125. The first-order valence-electron chi connectivity index (χ1n) is 9.62. The molecule has 0 aliphatic heterocycles. The quantitative estimate of drug-likeness (QED) is 0.487. The Labute approximate surface area is 174 Å². The molecule has 1 N–H and O–H groups in total. The molecule has 0 spiro atoms. The standard InChI is InChI=1S/C24H21N3O3/c1-16-7-6-10-21(15-16)29-17(2)22(28)25-20-13-11-19(12-14-20)24-27-26-23(30-24)18-8-4-3-5-9-18/h3-15,17H,1-2H3,(H,25,28)/t17-/m0/s1. The molecule has 3 aromatic carbocycles. The normalized spacial score (nSPS) is 11.7. The number of ether oxygens (including phenoxy) is 1. The molecule has 0 bridgehead atoms. The summed E-state index contributed by atoms with van der Waals surface area (Å²) in [6, 6.07) is 24.4. The van der Waals surface area contributed by atoms with Gasteiger partial charge in [-0.3, -0.25) is 4.79 Å². The van der Waals surface area contributed by atoms with Gasteiger partial charge in [0.25, 0.3) is 5.91 Å². The fourth-order valence-electron chi connectivity index (χ4n) is 2.92. The average Bonchev–Trinajstić information content (AvgIpc) is 3.25. The number of nitrogens with one attached hydrogen (secondary N) is 1. The third kappa shape index (κ3) is 4.55. The van der Waals surface area contributed by atoms with Gasteiger partial charge in [-0.05, 0) is 67.9 Å². The lowest BCUT2D eigenvalue weighted by Crippen LogP contribution is -2.30. The molecule has 0 unspecified atom stereocenters. The van der Waals surface area contributed by atoms with E-state index >= 15 is 0 Å². The topological polar surface area (TPSA) is 77.2 Å². The number of hydrogen-bond acceptors (Lipinski definition) is 5. The number of amides is 1. The van der Waals surface area contributed by atoms with Crippen molar-refractivity contribution in [3.05, 3.63) is 84.4 Å². The van der Waals surface area contributed by atoms with Crippen molar-refractivity contribution in [2.75, 3.05) is 5.32 Å². The zero-order valence-electron chi connectivity index (χ0n) is 16.7. The van der Waals surface area contributed by atoms with Crippen molar-refractivity contribution in [2.45, 2.75) is 20.0 Å². The minimum atomic E-state index is -0.629. The largest absolute Gasteiger partial charge is 0.481 e. The minimum Gasteiger partial charge on any atom is -0.481 e. The van der Waals surface area contributed by atoms with Crippen LogP contribution in [0.5, 0.6) is 5.75 Å². The molecule has 1 amide bonds. The lowest BCUT2D eigenvalue weighted by atomic mass is 10.2. The van der Waals surface area contributed by atoms with Crippen molar-refractivity contribution in [1.29, 1.82) is 0 Å². The summed E-state index contributed by atoms with van der Waals surface area (Å²) in [4.78, 5) is 12.4. The van der Waals surface area contributed by atoms with Gasteiger partial charge < -0.3 is 14.5 Å². The van der Waals surface area contributed by atoms with E-state index in [1.807, 2.05) is 73.7 Å². The van der Waals surface area contributed by atoms with Crippen LogP contribution in [0.15, 0.2) is 83.3 Å². The summed E-state index contributed by atoms with van der Waals surface area (Å²) in [6.07, 6.45) is -0.629. The number of hydrogen-bond donors (Lipinski definition) is 1. The molecular weight excluding hydrogens is 378 g/mol. The number of rotatable bonds is 6. The van der Waals surface area contributed by atoms with Crippen LogP contribution in [-0.2, 0) is 4.79 Å². The van der Waals surface area contributed by atoms with Crippen LogP contribution < -0.4 is 10.1 Å². The summed E-state index contributed by atoms with van der Waals surface area (Å²) in [7, 11) is 0. The van der Waals surface area contributed by atoms with Crippen molar-refractivity contribution in [2.24, 2.45) is 0 Å². The number of aryl methyl sites for hydroxylation is 1. The molecule has 30 heavy (non-hydrogen) atoms. The van der Waals surface area contributed by atoms with E-state index in [4.69, 9.17) is 9.15 Å². The van der Waals surface area contributed by atoms with Crippen molar-refractivity contribution >= 4 is 11.6 Å². The van der Waals surface area contributed by atoms with Crippen LogP contribution in [0, 0.1) is 6.92 Å². The van der Waals surface area contributed by atoms with E-state index in [1.54, 1.807) is 19.1 Å². The van der Waals surface area contributed by atoms with E-state index in [0.717, 1.165) is 16.7 Å². The van der Waals surface area contributed by atoms with E-state index in [1.165, 1.54) is 0 Å². The number of benzene rings is 3. The van der Waals surface area contributed by atoms with Gasteiger partial charge in [-0.25, -0.2) is 0 Å². The molecule has 4 rings (SSSR count). The predicted octanol–water partition coefficient (Wildman–Crippen LogP) is 5.12. The second-order valence-electron chi connectivity index (χ2n) is 6.92. The number of nitrogens with zero attached hydrogens (tertiary/aromatic N) is 2. The molecular formula is C24H21N3O3. The number of carbonyl (C=O) groups is 1. The lowest BCUT2D eigenvalue weighted by Gasteiger charge is -2.15. The minimum absolute atomic E-state index is 0.228. The van der Waals surface area contributed by atoms with E-state index in [-0.39, 0.29) is 5.91 Å². The van der Waals surface area contributed by atoms with Gasteiger partial charge >= 0.3 is 0 Å². The number of anilines is 1. The van der Waals surface area contributed by atoms with Crippen LogP contribution in [0.1, 0.15) is 12.5 Å². The lowest BCUT2D eigenvalue weighted by molar-refractivity contribution is -0.122. The zero-order valence-corrected chi connectivity index (χ0v) is 16.7. The molecule has 1 atom stereocenters. The van der Waals surface area contributed by atoms with Gasteiger partial charge in [0, 0.05) is 16.8 Å². The van der Waals surface area contributed by atoms with Gasteiger partial charge in [-0.2, -0.15) is 0 Å². The molecule has 0 saturated heterocycles. The second-order valence-corrected chi connectivity index (χ2v) is 6.92. The fourth-order valence-corrected chi connectivity index (χ4v) is 2.92. The summed E-state index contributed by atoms with van der Waals surface area (Å²) in [6.45, 7) is 3.70. The van der Waals surface area contributed by atoms with Crippen LogP contribution >= 0.6 is 0 Å². The highest BCUT2D eigenvalue weighted by Crippen LogP contribution is 2.25. The second kappa shape index (κ2) is 8.61. The Kier molecular flexibility index (Phi) is 5.57. The summed E-state index contributed by atoms with van der Waals surface area (Å²) < 4.78 is 11.5. The maximum atomic E-state index is 12.4. The first-order chi connectivity index (χ1) is 14.6. The molecule has 1 aromatic heterocycles. The van der Waals surface area contributed by atoms with Crippen LogP contribution in [0.4, 0.5) is 5.69 Å². The Morgan fingerprint density at radius 1 is 0.900 bits per heavy atom. The summed E-state index contributed by atoms with van der Waals surface area (Å²) in [5, 5.41) is 11.1. The van der Waals surface area contributed by atoms with Crippen molar-refractivity contribution in [3.63, 3.8) is 0 Å². The third-order valence-electron chi connectivity index (χ3n) is 4.52. The zero-order chi connectivity index (χ0) is 20.9. The summed E-state index contributed by atoms with van der Waals surface area (Å²) in [5.74, 6) is 1.32. The van der Waals surface area contributed by atoms with E-state index in [0.29, 0.717) is 23.2 Å². The molecule has 4 aromatic rings. The monoisotopic (exact) mass is 399 g/mol. The van der Waals surface area contributed by atoms with E-state index < -0.39 is 6.10 Å². The number of carbonyl (C=O) groups excluding carboxylic acids is 1. The average molecular weight is 399 g/mol. The summed E-state index contributed by atoms with van der Waals surface area (Å²) >= 11 is 0. The molecule has 0 saturated carbocycles. The first kappa shape index (κ1) is 19.4. The molecule has 1 heterocycles. The van der Waals surface area contributed by atoms with Crippen molar-refractivity contribution < 1.29 is 13.9 Å². The van der Waals surface area contributed by atoms with E-state index in [2.05, 4.69) is 15.5 Å².